The van der Waals surface area contributed by atoms with Crippen LogP contribution in [-0.4, -0.2) is 35.6 Å². The minimum Gasteiger partial charge on any atom is -0.381 e. The summed E-state index contributed by atoms with van der Waals surface area (Å²) in [5, 5.41) is 8.34. The smallest absolute Gasteiger partial charge is 0.0625 e. The molecule has 1 fully saturated rings. The highest BCUT2D eigenvalue weighted by Crippen LogP contribution is 2.20. The largest absolute Gasteiger partial charge is 0.381 e. The lowest BCUT2D eigenvalue weighted by atomic mass is 9.98. The lowest BCUT2D eigenvalue weighted by Crippen LogP contribution is -2.41. The molecular formula is C15H27N3O. The lowest BCUT2D eigenvalue weighted by molar-refractivity contribution is 0.172. The van der Waals surface area contributed by atoms with Gasteiger partial charge in [0.25, 0.3) is 0 Å². The predicted molar refractivity (Wildman–Crippen MR) is 77.4 cm³/mol. The molecular weight excluding hydrogens is 238 g/mol. The average Bonchev–Trinajstić information content (AvgIpc) is 3.00. The molecule has 1 N–H and O–H groups in total. The molecule has 1 aromatic rings. The maximum absolute atomic E-state index is 5.55. The van der Waals surface area contributed by atoms with Crippen LogP contribution in [0.4, 0.5) is 0 Å². The van der Waals surface area contributed by atoms with E-state index in [9.17, 15) is 0 Å². The highest BCUT2D eigenvalue weighted by molar-refractivity contribution is 5.22. The van der Waals surface area contributed by atoms with Crippen molar-refractivity contribution in [3.8, 4) is 0 Å². The van der Waals surface area contributed by atoms with Gasteiger partial charge >= 0.3 is 0 Å². The molecule has 0 bridgehead atoms. The zero-order valence-corrected chi connectivity index (χ0v) is 12.7. The highest BCUT2D eigenvalue weighted by atomic mass is 16.5. The summed E-state index contributed by atoms with van der Waals surface area (Å²) < 4.78 is 7.71. The Hall–Kier alpha value is -0.870. The molecule has 4 heteroatoms. The Balaban J connectivity index is 2.07. The molecule has 0 spiro atoms. The number of ether oxygens (including phenoxy) is 1. The molecule has 1 aromatic heterocycles. The third kappa shape index (κ3) is 3.37. The fraction of sp³-hybridized carbons (Fsp3) is 0.800. The lowest BCUT2D eigenvalue weighted by Gasteiger charge is -2.24. The minimum atomic E-state index is 0.472. The monoisotopic (exact) mass is 265 g/mol. The summed E-state index contributed by atoms with van der Waals surface area (Å²) in [6, 6.07) is 0.472. The fourth-order valence-corrected chi connectivity index (χ4v) is 2.73. The van der Waals surface area contributed by atoms with Crippen molar-refractivity contribution >= 4 is 0 Å². The van der Waals surface area contributed by atoms with Crippen LogP contribution < -0.4 is 5.32 Å². The molecule has 0 amide bonds. The number of aryl methyl sites for hydroxylation is 1. The highest BCUT2D eigenvalue weighted by Gasteiger charge is 2.26. The molecule has 2 atom stereocenters. The molecule has 2 heterocycles. The molecule has 0 aliphatic carbocycles. The van der Waals surface area contributed by atoms with E-state index in [0.29, 0.717) is 12.0 Å². The van der Waals surface area contributed by atoms with E-state index in [1.54, 1.807) is 0 Å². The van der Waals surface area contributed by atoms with Crippen LogP contribution in [0.3, 0.4) is 0 Å². The van der Waals surface area contributed by atoms with E-state index in [1.165, 1.54) is 24.1 Å². The van der Waals surface area contributed by atoms with Crippen LogP contribution in [0.15, 0.2) is 0 Å². The second kappa shape index (κ2) is 6.53. The summed E-state index contributed by atoms with van der Waals surface area (Å²) in [4.78, 5) is 0. The molecule has 0 radical (unpaired) electrons. The van der Waals surface area contributed by atoms with Crippen molar-refractivity contribution < 1.29 is 4.74 Å². The summed E-state index contributed by atoms with van der Waals surface area (Å²) in [6.07, 6.45) is 2.33. The van der Waals surface area contributed by atoms with Gasteiger partial charge < -0.3 is 10.1 Å². The molecule has 19 heavy (non-hydrogen) atoms. The molecule has 1 saturated heterocycles. The Labute approximate surface area is 116 Å². The van der Waals surface area contributed by atoms with Crippen molar-refractivity contribution in [3.63, 3.8) is 0 Å². The van der Waals surface area contributed by atoms with Crippen molar-refractivity contribution in [1.82, 2.24) is 15.1 Å². The van der Waals surface area contributed by atoms with Gasteiger partial charge in [0.15, 0.2) is 0 Å². The van der Waals surface area contributed by atoms with E-state index in [1.807, 2.05) is 0 Å². The van der Waals surface area contributed by atoms with E-state index in [4.69, 9.17) is 4.74 Å². The van der Waals surface area contributed by atoms with Crippen LogP contribution in [-0.2, 0) is 11.3 Å². The quantitative estimate of drug-likeness (QED) is 0.857. The first-order valence-corrected chi connectivity index (χ1v) is 7.45. The number of hydrogen-bond acceptors (Lipinski definition) is 3. The van der Waals surface area contributed by atoms with Gasteiger partial charge in [-0.1, -0.05) is 6.92 Å². The van der Waals surface area contributed by atoms with Gasteiger partial charge in [0, 0.05) is 24.3 Å². The van der Waals surface area contributed by atoms with Gasteiger partial charge in [-0.25, -0.2) is 0 Å². The average molecular weight is 265 g/mol. The van der Waals surface area contributed by atoms with E-state index >= 15 is 0 Å². The molecule has 0 saturated carbocycles. The molecule has 1 aliphatic heterocycles. The zero-order chi connectivity index (χ0) is 13.8. The number of rotatable bonds is 6. The number of nitrogens with one attached hydrogen (secondary N) is 1. The predicted octanol–water partition coefficient (Wildman–Crippen LogP) is 2.21. The van der Waals surface area contributed by atoms with E-state index in [2.05, 4.69) is 42.8 Å². The van der Waals surface area contributed by atoms with E-state index in [0.717, 1.165) is 32.0 Å². The van der Waals surface area contributed by atoms with Crippen LogP contribution in [0.1, 0.15) is 36.7 Å². The van der Waals surface area contributed by atoms with Crippen molar-refractivity contribution in [1.29, 1.82) is 0 Å². The first-order chi connectivity index (χ1) is 9.13. The fourth-order valence-electron chi connectivity index (χ4n) is 2.73. The minimum absolute atomic E-state index is 0.472. The first kappa shape index (κ1) is 14.5. The van der Waals surface area contributed by atoms with Crippen molar-refractivity contribution in [2.24, 2.45) is 5.92 Å². The van der Waals surface area contributed by atoms with E-state index < -0.39 is 0 Å². The topological polar surface area (TPSA) is 39.1 Å². The summed E-state index contributed by atoms with van der Waals surface area (Å²) in [6.45, 7) is 12.4. The van der Waals surface area contributed by atoms with Crippen molar-refractivity contribution in [3.05, 3.63) is 17.0 Å². The summed E-state index contributed by atoms with van der Waals surface area (Å²) in [5.74, 6) is 0.621. The Morgan fingerprint density at radius 1 is 1.42 bits per heavy atom. The summed E-state index contributed by atoms with van der Waals surface area (Å²) >= 11 is 0. The van der Waals surface area contributed by atoms with Gasteiger partial charge in [0.05, 0.1) is 18.8 Å². The van der Waals surface area contributed by atoms with Crippen LogP contribution >= 0.6 is 0 Å². The third-order valence-corrected chi connectivity index (χ3v) is 4.30. The second-order valence-corrected chi connectivity index (χ2v) is 5.66. The maximum atomic E-state index is 5.55. The Kier molecular flexibility index (Phi) is 4.99. The summed E-state index contributed by atoms with van der Waals surface area (Å²) in [7, 11) is 0. The SMILES string of the molecule is CCCNC(Cn1nc(C)c(C)c1C)C1CCOC1. The van der Waals surface area contributed by atoms with Gasteiger partial charge in [-0.05, 0) is 45.7 Å². The molecule has 108 valence electrons. The standard InChI is InChI=1S/C15H27N3O/c1-5-7-16-15(14-6-8-19-10-14)9-18-13(4)11(2)12(3)17-18/h14-16H,5-10H2,1-4H3. The van der Waals surface area contributed by atoms with Crippen molar-refractivity contribution in [2.75, 3.05) is 19.8 Å². The van der Waals surface area contributed by atoms with Gasteiger partial charge in [-0.2, -0.15) is 5.10 Å². The van der Waals surface area contributed by atoms with Crippen LogP contribution in [0.2, 0.25) is 0 Å². The van der Waals surface area contributed by atoms with Crippen LogP contribution in [0.25, 0.3) is 0 Å². The number of aromatic nitrogens is 2. The maximum Gasteiger partial charge on any atom is 0.0625 e. The second-order valence-electron chi connectivity index (χ2n) is 5.66. The van der Waals surface area contributed by atoms with Gasteiger partial charge in [-0.15, -0.1) is 0 Å². The van der Waals surface area contributed by atoms with Gasteiger partial charge in [0.2, 0.25) is 0 Å². The normalized spacial score (nSPS) is 20.9. The zero-order valence-electron chi connectivity index (χ0n) is 12.7. The molecule has 4 nitrogen and oxygen atoms in total. The van der Waals surface area contributed by atoms with Crippen molar-refractivity contribution in [2.45, 2.75) is 53.1 Å². The van der Waals surface area contributed by atoms with Crippen LogP contribution in [0.5, 0.6) is 0 Å². The first-order valence-electron chi connectivity index (χ1n) is 7.45. The Bertz CT molecular complexity index is 408. The molecule has 2 unspecified atom stereocenters. The van der Waals surface area contributed by atoms with E-state index in [-0.39, 0.29) is 0 Å². The molecule has 0 aromatic carbocycles. The van der Waals surface area contributed by atoms with Gasteiger partial charge in [-0.3, -0.25) is 4.68 Å². The van der Waals surface area contributed by atoms with Crippen LogP contribution in [0, 0.1) is 26.7 Å². The Morgan fingerprint density at radius 2 is 2.21 bits per heavy atom. The summed E-state index contributed by atoms with van der Waals surface area (Å²) in [5.41, 5.74) is 3.76. The molecule has 2 rings (SSSR count). The third-order valence-electron chi connectivity index (χ3n) is 4.30. The van der Waals surface area contributed by atoms with Gasteiger partial charge in [0.1, 0.15) is 0 Å². The Morgan fingerprint density at radius 3 is 2.74 bits per heavy atom. The number of nitrogens with zero attached hydrogens (tertiary/aromatic N) is 2. The molecule has 1 aliphatic rings. The number of hydrogen-bond donors (Lipinski definition) is 1.